The summed E-state index contributed by atoms with van der Waals surface area (Å²) in [6, 6.07) is 3.17. The average Bonchev–Trinajstić information content (AvgIpc) is 2.89. The van der Waals surface area contributed by atoms with Crippen molar-refractivity contribution in [3.05, 3.63) is 53.6 Å². The molecular formula is C14H14N4O3. The first kappa shape index (κ1) is 14.4. The largest absolute Gasteiger partial charge is 0.478 e. The van der Waals surface area contributed by atoms with E-state index >= 15 is 0 Å². The fraction of sp³-hybridized carbons (Fsp3) is 0.143. The summed E-state index contributed by atoms with van der Waals surface area (Å²) in [5, 5.41) is 15.3. The molecule has 0 aromatic carbocycles. The number of aliphatic carboxylic acids is 1. The van der Waals surface area contributed by atoms with E-state index in [9.17, 15) is 9.59 Å². The number of rotatable bonds is 5. The van der Waals surface area contributed by atoms with Gasteiger partial charge in [-0.25, -0.2) is 4.79 Å². The zero-order valence-corrected chi connectivity index (χ0v) is 11.4. The lowest BCUT2D eigenvalue weighted by Gasteiger charge is -2.03. The minimum absolute atomic E-state index is 0.270. The van der Waals surface area contributed by atoms with Gasteiger partial charge >= 0.3 is 5.97 Å². The Bertz CT molecular complexity index is 674. The van der Waals surface area contributed by atoms with Gasteiger partial charge in [-0.2, -0.15) is 5.10 Å². The van der Waals surface area contributed by atoms with Crippen molar-refractivity contribution in [2.75, 3.05) is 0 Å². The van der Waals surface area contributed by atoms with Gasteiger partial charge in [0.15, 0.2) is 0 Å². The summed E-state index contributed by atoms with van der Waals surface area (Å²) in [5.74, 6) is -1.33. The summed E-state index contributed by atoms with van der Waals surface area (Å²) in [6.07, 6.45) is 7.35. The number of hydrogen-bond donors (Lipinski definition) is 2. The van der Waals surface area contributed by atoms with E-state index in [4.69, 9.17) is 5.11 Å². The van der Waals surface area contributed by atoms with Gasteiger partial charge in [-0.15, -0.1) is 0 Å². The molecule has 0 fully saturated rings. The Balaban J connectivity index is 1.95. The maximum atomic E-state index is 11.9. The first-order valence-electron chi connectivity index (χ1n) is 6.17. The van der Waals surface area contributed by atoms with Gasteiger partial charge in [-0.3, -0.25) is 14.5 Å². The van der Waals surface area contributed by atoms with Crippen molar-refractivity contribution < 1.29 is 14.7 Å². The van der Waals surface area contributed by atoms with E-state index in [0.29, 0.717) is 12.1 Å². The Morgan fingerprint density at radius 1 is 1.38 bits per heavy atom. The molecule has 2 N–H and O–H groups in total. The zero-order chi connectivity index (χ0) is 15.2. The highest BCUT2D eigenvalue weighted by molar-refractivity contribution is 5.92. The second-order valence-corrected chi connectivity index (χ2v) is 4.35. The van der Waals surface area contributed by atoms with Crippen LogP contribution < -0.4 is 5.32 Å². The fourth-order valence-electron chi connectivity index (χ4n) is 1.64. The fourth-order valence-corrected chi connectivity index (χ4v) is 1.64. The Morgan fingerprint density at radius 3 is 2.76 bits per heavy atom. The Kier molecular flexibility index (Phi) is 4.45. The molecule has 21 heavy (non-hydrogen) atoms. The maximum Gasteiger partial charge on any atom is 0.328 e. The van der Waals surface area contributed by atoms with Crippen LogP contribution in [0.25, 0.3) is 6.08 Å². The average molecular weight is 286 g/mol. The van der Waals surface area contributed by atoms with E-state index in [-0.39, 0.29) is 11.6 Å². The van der Waals surface area contributed by atoms with Gasteiger partial charge in [0.1, 0.15) is 5.69 Å². The van der Waals surface area contributed by atoms with E-state index in [0.717, 1.165) is 11.6 Å². The quantitative estimate of drug-likeness (QED) is 0.794. The van der Waals surface area contributed by atoms with Crippen LogP contribution >= 0.6 is 0 Å². The number of carboxylic acid groups (broad SMARTS) is 1. The number of nitrogens with zero attached hydrogens (tertiary/aromatic N) is 3. The normalized spacial score (nSPS) is 10.7. The van der Waals surface area contributed by atoms with Crippen LogP contribution in [-0.4, -0.2) is 31.7 Å². The van der Waals surface area contributed by atoms with E-state index in [1.165, 1.54) is 12.3 Å². The van der Waals surface area contributed by atoms with Crippen LogP contribution in [0.3, 0.4) is 0 Å². The van der Waals surface area contributed by atoms with Crippen LogP contribution in [0.2, 0.25) is 0 Å². The molecule has 0 aliphatic heterocycles. The molecule has 2 aromatic heterocycles. The molecule has 2 aromatic rings. The third-order valence-corrected chi connectivity index (χ3v) is 2.65. The predicted octanol–water partition coefficient (Wildman–Crippen LogP) is 0.843. The Labute approximate surface area is 120 Å². The van der Waals surface area contributed by atoms with Gasteiger partial charge in [0.25, 0.3) is 5.91 Å². The second kappa shape index (κ2) is 6.47. The molecule has 0 aliphatic rings. The first-order valence-corrected chi connectivity index (χ1v) is 6.17. The number of pyridine rings is 1. The molecule has 0 bridgehead atoms. The van der Waals surface area contributed by atoms with Crippen molar-refractivity contribution in [1.29, 1.82) is 0 Å². The van der Waals surface area contributed by atoms with Crippen LogP contribution in [-0.2, 0) is 18.4 Å². The number of carbonyl (C=O) groups excluding carboxylic acids is 1. The first-order chi connectivity index (χ1) is 10.0. The van der Waals surface area contributed by atoms with Gasteiger partial charge in [0.2, 0.25) is 0 Å². The number of hydrogen-bond acceptors (Lipinski definition) is 4. The van der Waals surface area contributed by atoms with Crippen LogP contribution in [0.5, 0.6) is 0 Å². The zero-order valence-electron chi connectivity index (χ0n) is 11.4. The number of carbonyl (C=O) groups is 2. The minimum Gasteiger partial charge on any atom is -0.478 e. The molecular weight excluding hydrogens is 272 g/mol. The van der Waals surface area contributed by atoms with Gasteiger partial charge in [-0.05, 0) is 17.7 Å². The van der Waals surface area contributed by atoms with E-state index in [1.807, 2.05) is 6.20 Å². The maximum absolute atomic E-state index is 11.9. The van der Waals surface area contributed by atoms with Crippen molar-refractivity contribution in [3.8, 4) is 0 Å². The molecule has 0 saturated heterocycles. The third kappa shape index (κ3) is 4.27. The molecule has 0 atom stereocenters. The van der Waals surface area contributed by atoms with Crippen molar-refractivity contribution in [3.63, 3.8) is 0 Å². The summed E-state index contributed by atoms with van der Waals surface area (Å²) in [7, 11) is 1.80. The smallest absolute Gasteiger partial charge is 0.328 e. The van der Waals surface area contributed by atoms with Crippen molar-refractivity contribution >= 4 is 18.0 Å². The lowest BCUT2D eigenvalue weighted by Crippen LogP contribution is -2.23. The topological polar surface area (TPSA) is 97.1 Å². The number of amides is 1. The molecule has 108 valence electrons. The minimum atomic E-state index is -1.03. The molecule has 7 nitrogen and oxygen atoms in total. The summed E-state index contributed by atoms with van der Waals surface area (Å²) in [6.45, 7) is 0.370. The predicted molar refractivity (Wildman–Crippen MR) is 75.3 cm³/mol. The summed E-state index contributed by atoms with van der Waals surface area (Å²) in [5.41, 5.74) is 1.78. The molecule has 0 radical (unpaired) electrons. The number of aryl methyl sites for hydroxylation is 1. The molecule has 0 saturated carbocycles. The molecule has 0 spiro atoms. The number of carboxylic acids is 1. The summed E-state index contributed by atoms with van der Waals surface area (Å²) < 4.78 is 1.66. The molecule has 7 heteroatoms. The van der Waals surface area contributed by atoms with Crippen LogP contribution in [0, 0.1) is 0 Å². The Morgan fingerprint density at radius 2 is 2.19 bits per heavy atom. The molecule has 0 aliphatic carbocycles. The van der Waals surface area contributed by atoms with Crippen LogP contribution in [0.4, 0.5) is 0 Å². The summed E-state index contributed by atoms with van der Waals surface area (Å²) in [4.78, 5) is 26.3. The highest BCUT2D eigenvalue weighted by Gasteiger charge is 2.07. The molecule has 2 rings (SSSR count). The van der Waals surface area contributed by atoms with Gasteiger partial charge in [0.05, 0.1) is 6.20 Å². The highest BCUT2D eigenvalue weighted by Crippen LogP contribution is 2.03. The van der Waals surface area contributed by atoms with Crippen LogP contribution in [0.1, 0.15) is 21.6 Å². The van der Waals surface area contributed by atoms with E-state index in [2.05, 4.69) is 15.4 Å². The second-order valence-electron chi connectivity index (χ2n) is 4.35. The number of aromatic nitrogens is 3. The molecule has 0 unspecified atom stereocenters. The van der Waals surface area contributed by atoms with Crippen LogP contribution in [0.15, 0.2) is 36.8 Å². The van der Waals surface area contributed by atoms with E-state index in [1.54, 1.807) is 30.1 Å². The van der Waals surface area contributed by atoms with Crippen molar-refractivity contribution in [2.24, 2.45) is 7.05 Å². The molecule has 1 amide bonds. The summed E-state index contributed by atoms with van der Waals surface area (Å²) >= 11 is 0. The van der Waals surface area contributed by atoms with Gasteiger partial charge < -0.3 is 10.4 Å². The van der Waals surface area contributed by atoms with E-state index < -0.39 is 5.97 Å². The number of nitrogens with one attached hydrogen (secondary N) is 1. The van der Waals surface area contributed by atoms with Crippen molar-refractivity contribution in [1.82, 2.24) is 20.1 Å². The third-order valence-electron chi connectivity index (χ3n) is 2.65. The lowest BCUT2D eigenvalue weighted by molar-refractivity contribution is -0.131. The van der Waals surface area contributed by atoms with Gasteiger partial charge in [0, 0.05) is 37.6 Å². The van der Waals surface area contributed by atoms with Gasteiger partial charge in [-0.1, -0.05) is 6.07 Å². The molecule has 2 heterocycles. The SMILES string of the molecule is Cn1cc(CNC(=O)c2ccc(C=CC(=O)O)cn2)cn1. The highest BCUT2D eigenvalue weighted by atomic mass is 16.4. The lowest BCUT2D eigenvalue weighted by atomic mass is 10.2. The monoisotopic (exact) mass is 286 g/mol. The standard InChI is InChI=1S/C14H14N4O3/c1-18-9-11(8-17-18)7-16-14(21)12-4-2-10(6-15-12)3-5-13(19)20/h2-6,8-9H,7H2,1H3,(H,16,21)(H,19,20). The Hall–Kier alpha value is -2.96. The van der Waals surface area contributed by atoms with Crippen molar-refractivity contribution in [2.45, 2.75) is 6.54 Å².